The fourth-order valence-electron chi connectivity index (χ4n) is 1.84. The molecule has 2 N–H and O–H groups in total. The summed E-state index contributed by atoms with van der Waals surface area (Å²) >= 11 is 0. The summed E-state index contributed by atoms with van der Waals surface area (Å²) in [7, 11) is 0. The molecular formula is C10H21NO. The van der Waals surface area contributed by atoms with E-state index in [1.54, 1.807) is 0 Å². The van der Waals surface area contributed by atoms with Crippen LogP contribution in [-0.4, -0.2) is 24.3 Å². The van der Waals surface area contributed by atoms with Gasteiger partial charge in [0.25, 0.3) is 0 Å². The molecule has 0 aromatic heterocycles. The predicted octanol–water partition coefficient (Wildman–Crippen LogP) is 1.54. The average molecular weight is 171 g/mol. The minimum absolute atomic E-state index is 0.0286. The molecule has 2 nitrogen and oxygen atoms in total. The van der Waals surface area contributed by atoms with Crippen LogP contribution in [0.3, 0.4) is 0 Å². The Morgan fingerprint density at radius 2 is 2.25 bits per heavy atom. The number of aliphatic hydroxyl groups is 1. The fraction of sp³-hybridized carbons (Fsp3) is 1.00. The molecule has 0 amide bonds. The van der Waals surface area contributed by atoms with Gasteiger partial charge in [0.15, 0.2) is 0 Å². The number of hydrogen-bond donors (Lipinski definition) is 2. The number of unbranched alkanes of at least 4 members (excludes halogenated alkanes) is 1. The van der Waals surface area contributed by atoms with Crippen LogP contribution in [0.1, 0.15) is 39.0 Å². The van der Waals surface area contributed by atoms with E-state index in [1.807, 2.05) is 0 Å². The highest BCUT2D eigenvalue weighted by Gasteiger charge is 2.24. The third kappa shape index (κ3) is 3.11. The average Bonchev–Trinajstić information content (AvgIpc) is 2.46. The standard InChI is InChI=1S/C10H21NO/c1-2-3-7-11-8-9-5-4-6-10(9)12/h9-12H,2-8H2,1H3/t9-,10+/m0/s1. The summed E-state index contributed by atoms with van der Waals surface area (Å²) in [6, 6.07) is 0. The third-order valence-corrected chi connectivity index (χ3v) is 2.73. The lowest BCUT2D eigenvalue weighted by molar-refractivity contribution is 0.132. The van der Waals surface area contributed by atoms with Gasteiger partial charge in [-0.3, -0.25) is 0 Å². The van der Waals surface area contributed by atoms with Crippen LogP contribution in [0.4, 0.5) is 0 Å². The molecular weight excluding hydrogens is 150 g/mol. The molecule has 0 unspecified atom stereocenters. The largest absolute Gasteiger partial charge is 0.393 e. The van der Waals surface area contributed by atoms with Crippen molar-refractivity contribution >= 4 is 0 Å². The van der Waals surface area contributed by atoms with E-state index in [2.05, 4.69) is 12.2 Å². The maximum atomic E-state index is 9.51. The van der Waals surface area contributed by atoms with Crippen LogP contribution in [0.25, 0.3) is 0 Å². The Balaban J connectivity index is 1.98. The van der Waals surface area contributed by atoms with Crippen molar-refractivity contribution in [2.45, 2.75) is 45.1 Å². The zero-order chi connectivity index (χ0) is 8.81. The number of nitrogens with one attached hydrogen (secondary N) is 1. The second-order valence-electron chi connectivity index (χ2n) is 3.82. The van der Waals surface area contributed by atoms with Gasteiger partial charge in [-0.2, -0.15) is 0 Å². The summed E-state index contributed by atoms with van der Waals surface area (Å²) in [6.07, 6.45) is 5.91. The Hall–Kier alpha value is -0.0800. The molecule has 0 spiro atoms. The van der Waals surface area contributed by atoms with E-state index in [0.717, 1.165) is 19.5 Å². The van der Waals surface area contributed by atoms with E-state index < -0.39 is 0 Å². The summed E-state index contributed by atoms with van der Waals surface area (Å²) in [5.74, 6) is 0.529. The van der Waals surface area contributed by atoms with Crippen LogP contribution in [0.5, 0.6) is 0 Å². The first-order chi connectivity index (χ1) is 5.84. The van der Waals surface area contributed by atoms with E-state index in [0.29, 0.717) is 5.92 Å². The normalized spacial score (nSPS) is 29.5. The second kappa shape index (κ2) is 5.55. The molecule has 1 aliphatic carbocycles. The molecule has 72 valence electrons. The highest BCUT2D eigenvalue weighted by atomic mass is 16.3. The van der Waals surface area contributed by atoms with Crippen molar-refractivity contribution in [1.29, 1.82) is 0 Å². The summed E-state index contributed by atoms with van der Waals surface area (Å²) in [4.78, 5) is 0. The van der Waals surface area contributed by atoms with Crippen molar-refractivity contribution in [3.63, 3.8) is 0 Å². The molecule has 0 heterocycles. The van der Waals surface area contributed by atoms with Gasteiger partial charge in [0.1, 0.15) is 0 Å². The first kappa shape index (κ1) is 10.0. The first-order valence-electron chi connectivity index (χ1n) is 5.23. The van der Waals surface area contributed by atoms with Crippen molar-refractivity contribution in [1.82, 2.24) is 5.32 Å². The van der Waals surface area contributed by atoms with Crippen molar-refractivity contribution in [2.24, 2.45) is 5.92 Å². The molecule has 0 saturated heterocycles. The van der Waals surface area contributed by atoms with Crippen molar-refractivity contribution in [2.75, 3.05) is 13.1 Å². The minimum Gasteiger partial charge on any atom is -0.393 e. The maximum absolute atomic E-state index is 9.51. The van der Waals surface area contributed by atoms with E-state index in [-0.39, 0.29) is 6.10 Å². The molecule has 2 heteroatoms. The summed E-state index contributed by atoms with van der Waals surface area (Å²) < 4.78 is 0. The molecule has 12 heavy (non-hydrogen) atoms. The molecule has 0 bridgehead atoms. The molecule has 1 rings (SSSR count). The van der Waals surface area contributed by atoms with Crippen LogP contribution < -0.4 is 5.32 Å². The molecule has 1 fully saturated rings. The van der Waals surface area contributed by atoms with Crippen LogP contribution >= 0.6 is 0 Å². The van der Waals surface area contributed by atoms with Crippen LogP contribution in [0, 0.1) is 5.92 Å². The van der Waals surface area contributed by atoms with Crippen molar-refractivity contribution in [3.05, 3.63) is 0 Å². The van der Waals surface area contributed by atoms with Gasteiger partial charge in [0.05, 0.1) is 6.10 Å². The highest BCUT2D eigenvalue weighted by Crippen LogP contribution is 2.24. The Kier molecular flexibility index (Phi) is 4.62. The Morgan fingerprint density at radius 1 is 1.42 bits per heavy atom. The van der Waals surface area contributed by atoms with Crippen LogP contribution in [-0.2, 0) is 0 Å². The third-order valence-electron chi connectivity index (χ3n) is 2.73. The molecule has 2 atom stereocenters. The monoisotopic (exact) mass is 171 g/mol. The Labute approximate surface area is 75.4 Å². The van der Waals surface area contributed by atoms with Gasteiger partial charge in [-0.05, 0) is 31.7 Å². The molecule has 0 aromatic carbocycles. The summed E-state index contributed by atoms with van der Waals surface area (Å²) in [5.41, 5.74) is 0. The zero-order valence-corrected chi connectivity index (χ0v) is 8.05. The number of hydrogen-bond acceptors (Lipinski definition) is 2. The van der Waals surface area contributed by atoms with Gasteiger partial charge in [-0.25, -0.2) is 0 Å². The molecule has 0 aromatic rings. The number of aliphatic hydroxyl groups excluding tert-OH is 1. The lowest BCUT2D eigenvalue weighted by Crippen LogP contribution is -2.28. The quantitative estimate of drug-likeness (QED) is 0.615. The first-order valence-corrected chi connectivity index (χ1v) is 5.23. The Bertz CT molecular complexity index is 116. The van der Waals surface area contributed by atoms with Crippen LogP contribution in [0.15, 0.2) is 0 Å². The van der Waals surface area contributed by atoms with E-state index in [9.17, 15) is 5.11 Å². The molecule has 0 aliphatic heterocycles. The smallest absolute Gasteiger partial charge is 0.0580 e. The summed E-state index contributed by atoms with van der Waals surface area (Å²) in [6.45, 7) is 4.33. The lowest BCUT2D eigenvalue weighted by atomic mass is 10.1. The van der Waals surface area contributed by atoms with Crippen LogP contribution in [0.2, 0.25) is 0 Å². The van der Waals surface area contributed by atoms with E-state index >= 15 is 0 Å². The molecule has 1 aliphatic rings. The van der Waals surface area contributed by atoms with Gasteiger partial charge in [-0.1, -0.05) is 19.8 Å². The predicted molar refractivity (Wildman–Crippen MR) is 51.1 cm³/mol. The Morgan fingerprint density at radius 3 is 2.83 bits per heavy atom. The van der Waals surface area contributed by atoms with Gasteiger partial charge in [0.2, 0.25) is 0 Å². The fourth-order valence-corrected chi connectivity index (χ4v) is 1.84. The van der Waals surface area contributed by atoms with E-state index in [4.69, 9.17) is 0 Å². The summed E-state index contributed by atoms with van der Waals surface area (Å²) in [5, 5.41) is 12.9. The molecule has 1 saturated carbocycles. The van der Waals surface area contributed by atoms with Crippen molar-refractivity contribution in [3.8, 4) is 0 Å². The highest BCUT2D eigenvalue weighted by molar-refractivity contribution is 4.77. The van der Waals surface area contributed by atoms with Gasteiger partial charge in [0, 0.05) is 6.54 Å². The number of rotatable bonds is 5. The SMILES string of the molecule is CCCCNC[C@@H]1CCC[C@H]1O. The topological polar surface area (TPSA) is 32.3 Å². The molecule has 0 radical (unpaired) electrons. The van der Waals surface area contributed by atoms with Gasteiger partial charge < -0.3 is 10.4 Å². The van der Waals surface area contributed by atoms with Gasteiger partial charge >= 0.3 is 0 Å². The van der Waals surface area contributed by atoms with Crippen molar-refractivity contribution < 1.29 is 5.11 Å². The second-order valence-corrected chi connectivity index (χ2v) is 3.82. The zero-order valence-electron chi connectivity index (χ0n) is 8.05. The minimum atomic E-state index is -0.0286. The van der Waals surface area contributed by atoms with Gasteiger partial charge in [-0.15, -0.1) is 0 Å². The lowest BCUT2D eigenvalue weighted by Gasteiger charge is -2.14. The van der Waals surface area contributed by atoms with E-state index in [1.165, 1.54) is 25.7 Å². The maximum Gasteiger partial charge on any atom is 0.0580 e.